The molecule has 1 saturated carbocycles. The first-order valence-corrected chi connectivity index (χ1v) is 17.2. The highest BCUT2D eigenvalue weighted by Crippen LogP contribution is 2.43. The van der Waals surface area contributed by atoms with Gasteiger partial charge in [-0.3, -0.25) is 0 Å². The molecule has 3 heterocycles. The number of anilines is 1. The summed E-state index contributed by atoms with van der Waals surface area (Å²) in [4.78, 5) is 16.8. The summed E-state index contributed by atoms with van der Waals surface area (Å²) >= 11 is 6.46. The molecule has 1 aliphatic heterocycles. The number of halogens is 3. The third-order valence-corrected chi connectivity index (χ3v) is 9.17. The zero-order chi connectivity index (χ0) is 27.8. The molecule has 5 rings (SSSR count). The smallest absolute Gasteiger partial charge is 0.319 e. The predicted molar refractivity (Wildman–Crippen MR) is 148 cm³/mol. The summed E-state index contributed by atoms with van der Waals surface area (Å²) in [7, 11) is -1.23. The lowest BCUT2D eigenvalue weighted by atomic mass is 9.77. The average Bonchev–Trinajstić information content (AvgIpc) is 3.40. The number of nitrogens with one attached hydrogen (secondary N) is 2. The molecule has 1 unspecified atom stereocenters. The fourth-order valence-corrected chi connectivity index (χ4v) is 5.96. The minimum Gasteiger partial charge on any atom is -0.450 e. The van der Waals surface area contributed by atoms with Gasteiger partial charge >= 0.3 is 6.03 Å². The number of hydrogen-bond donors (Lipinski definition) is 2. The summed E-state index contributed by atoms with van der Waals surface area (Å²) in [6, 6.07) is 3.83. The standard InChI is InChI=1S/C27H33ClF2N4O4Si/c1-39(2,3)10-9-36-16-34-14-19(28)23-22(5-8-31-25(23)34)38-24-20(29)11-17(12-21(24)30)32-26(35)33-18-13-27(37-15-18)6-4-7-27/h5,8,11-12,14,18H,4,6-7,9-10,13,15-16H2,1-3H3,(H2,32,33,35). The van der Waals surface area contributed by atoms with Gasteiger partial charge in [0.1, 0.15) is 18.1 Å². The van der Waals surface area contributed by atoms with E-state index in [1.807, 2.05) is 0 Å². The third-order valence-electron chi connectivity index (χ3n) is 7.18. The molecule has 2 fully saturated rings. The number of carbonyl (C=O) groups excluding carboxylic acids is 1. The maximum atomic E-state index is 15.0. The van der Waals surface area contributed by atoms with E-state index in [4.69, 9.17) is 25.8 Å². The summed E-state index contributed by atoms with van der Waals surface area (Å²) < 4.78 is 49.0. The van der Waals surface area contributed by atoms with Crippen molar-refractivity contribution in [1.82, 2.24) is 14.9 Å². The average molecular weight is 579 g/mol. The van der Waals surface area contributed by atoms with Crippen LogP contribution in [-0.4, -0.2) is 48.5 Å². The van der Waals surface area contributed by atoms with Crippen LogP contribution in [0.2, 0.25) is 30.7 Å². The molecule has 1 saturated heterocycles. The Morgan fingerprint density at radius 3 is 2.67 bits per heavy atom. The second-order valence-corrected chi connectivity index (χ2v) is 17.5. The molecular formula is C27H33ClF2N4O4Si. The first-order valence-electron chi connectivity index (χ1n) is 13.1. The zero-order valence-corrected chi connectivity index (χ0v) is 24.0. The predicted octanol–water partition coefficient (Wildman–Crippen LogP) is 6.91. The summed E-state index contributed by atoms with van der Waals surface area (Å²) in [6.45, 7) is 8.10. The van der Waals surface area contributed by atoms with Crippen molar-refractivity contribution in [2.75, 3.05) is 18.5 Å². The number of hydrogen-bond acceptors (Lipinski definition) is 5. The molecule has 2 amide bonds. The Hall–Kier alpha value is -2.73. The number of fused-ring (bicyclic) bond motifs is 1. The number of pyridine rings is 1. The van der Waals surface area contributed by atoms with Crippen LogP contribution in [0.25, 0.3) is 11.0 Å². The molecule has 2 aliphatic rings. The molecule has 1 aliphatic carbocycles. The molecule has 12 heteroatoms. The van der Waals surface area contributed by atoms with Crippen LogP contribution in [0.1, 0.15) is 25.7 Å². The second-order valence-electron chi connectivity index (χ2n) is 11.5. The molecule has 0 bridgehead atoms. The van der Waals surface area contributed by atoms with Crippen LogP contribution in [0, 0.1) is 11.6 Å². The van der Waals surface area contributed by atoms with Crippen molar-refractivity contribution in [3.05, 3.63) is 47.2 Å². The van der Waals surface area contributed by atoms with Crippen molar-refractivity contribution in [3.8, 4) is 11.5 Å². The second kappa shape index (κ2) is 11.0. The fourth-order valence-electron chi connectivity index (χ4n) is 4.91. The summed E-state index contributed by atoms with van der Waals surface area (Å²) in [5, 5.41) is 6.04. The summed E-state index contributed by atoms with van der Waals surface area (Å²) in [6.07, 6.45) is 6.99. The van der Waals surface area contributed by atoms with Gasteiger partial charge in [-0.05, 0) is 37.8 Å². The first kappa shape index (κ1) is 27.8. The van der Waals surface area contributed by atoms with Gasteiger partial charge in [0.05, 0.1) is 28.7 Å². The van der Waals surface area contributed by atoms with Gasteiger partial charge in [-0.1, -0.05) is 31.2 Å². The van der Waals surface area contributed by atoms with Crippen molar-refractivity contribution in [1.29, 1.82) is 0 Å². The fraction of sp³-hybridized carbons (Fsp3) is 0.481. The minimum absolute atomic E-state index is 0.0355. The summed E-state index contributed by atoms with van der Waals surface area (Å²) in [5.41, 5.74) is 0.324. The number of rotatable bonds is 9. The lowest BCUT2D eigenvalue weighted by Crippen LogP contribution is -2.41. The topological polar surface area (TPSA) is 86.6 Å². The highest BCUT2D eigenvalue weighted by Gasteiger charge is 2.45. The molecule has 0 radical (unpaired) electrons. The molecule has 3 aromatic rings. The van der Waals surface area contributed by atoms with Gasteiger partial charge in [0, 0.05) is 44.9 Å². The molecule has 1 aromatic carbocycles. The zero-order valence-electron chi connectivity index (χ0n) is 22.3. The van der Waals surface area contributed by atoms with E-state index in [1.54, 1.807) is 10.8 Å². The molecule has 2 N–H and O–H groups in total. The minimum atomic E-state index is -1.23. The highest BCUT2D eigenvalue weighted by molar-refractivity contribution is 6.76. The monoisotopic (exact) mass is 578 g/mol. The maximum Gasteiger partial charge on any atom is 0.319 e. The van der Waals surface area contributed by atoms with Crippen molar-refractivity contribution < 1.29 is 27.8 Å². The van der Waals surface area contributed by atoms with E-state index in [0.717, 1.165) is 43.9 Å². The molecular weight excluding hydrogens is 546 g/mol. The Kier molecular flexibility index (Phi) is 7.87. The lowest BCUT2D eigenvalue weighted by molar-refractivity contribution is -0.0563. The van der Waals surface area contributed by atoms with E-state index in [0.29, 0.717) is 29.3 Å². The molecule has 8 nitrogen and oxygen atoms in total. The third kappa shape index (κ3) is 6.37. The quantitative estimate of drug-likeness (QED) is 0.213. The Labute approximate surface area is 232 Å². The Morgan fingerprint density at radius 1 is 1.28 bits per heavy atom. The van der Waals surface area contributed by atoms with Crippen LogP contribution in [0.15, 0.2) is 30.6 Å². The number of aromatic nitrogens is 2. The van der Waals surface area contributed by atoms with Gasteiger partial charge in [-0.2, -0.15) is 0 Å². The number of urea groups is 1. The van der Waals surface area contributed by atoms with Crippen LogP contribution in [0.4, 0.5) is 19.3 Å². The van der Waals surface area contributed by atoms with Crippen LogP contribution in [0.5, 0.6) is 11.5 Å². The normalized spacial score (nSPS) is 18.4. The highest BCUT2D eigenvalue weighted by atomic mass is 35.5. The maximum absolute atomic E-state index is 15.0. The van der Waals surface area contributed by atoms with E-state index in [1.165, 1.54) is 12.3 Å². The van der Waals surface area contributed by atoms with Crippen molar-refractivity contribution in [2.24, 2.45) is 0 Å². The van der Waals surface area contributed by atoms with Crippen molar-refractivity contribution in [2.45, 2.75) is 69.7 Å². The molecule has 39 heavy (non-hydrogen) atoms. The number of ether oxygens (including phenoxy) is 3. The van der Waals surface area contributed by atoms with Crippen LogP contribution < -0.4 is 15.4 Å². The number of benzene rings is 1. The van der Waals surface area contributed by atoms with Crippen LogP contribution >= 0.6 is 11.6 Å². The van der Waals surface area contributed by atoms with Crippen molar-refractivity contribution >= 4 is 42.4 Å². The van der Waals surface area contributed by atoms with Crippen LogP contribution in [-0.2, 0) is 16.2 Å². The molecule has 210 valence electrons. The Bertz CT molecular complexity index is 1350. The van der Waals surface area contributed by atoms with Crippen molar-refractivity contribution in [3.63, 3.8) is 0 Å². The lowest BCUT2D eigenvalue weighted by Gasteiger charge is -2.37. The Balaban J connectivity index is 1.26. The van der Waals surface area contributed by atoms with E-state index in [2.05, 4.69) is 35.3 Å². The molecule has 1 atom stereocenters. The van der Waals surface area contributed by atoms with E-state index >= 15 is 0 Å². The Morgan fingerprint density at radius 2 is 2.03 bits per heavy atom. The number of amides is 2. The van der Waals surface area contributed by atoms with Gasteiger partial charge in [-0.25, -0.2) is 18.6 Å². The van der Waals surface area contributed by atoms with E-state index in [-0.39, 0.29) is 29.8 Å². The van der Waals surface area contributed by atoms with Gasteiger partial charge in [0.15, 0.2) is 17.4 Å². The summed E-state index contributed by atoms with van der Waals surface area (Å²) in [5.74, 6) is -2.41. The largest absolute Gasteiger partial charge is 0.450 e. The SMILES string of the molecule is C[Si](C)(C)CCOCn1cc(Cl)c2c(Oc3c(F)cc(NC(=O)NC4COC5(CCC5)C4)cc3F)ccnc21. The molecule has 2 aromatic heterocycles. The van der Waals surface area contributed by atoms with Gasteiger partial charge < -0.3 is 29.4 Å². The van der Waals surface area contributed by atoms with E-state index < -0.39 is 31.5 Å². The van der Waals surface area contributed by atoms with Crippen LogP contribution in [0.3, 0.4) is 0 Å². The van der Waals surface area contributed by atoms with Gasteiger partial charge in [0.2, 0.25) is 0 Å². The van der Waals surface area contributed by atoms with E-state index in [9.17, 15) is 13.6 Å². The molecule has 1 spiro atoms. The first-order chi connectivity index (χ1) is 18.5. The number of carbonyl (C=O) groups is 1. The van der Waals surface area contributed by atoms with Gasteiger partial charge in [0.25, 0.3) is 0 Å². The van der Waals surface area contributed by atoms with Gasteiger partial charge in [-0.15, -0.1) is 0 Å². The number of nitrogens with zero attached hydrogens (tertiary/aromatic N) is 2.